The van der Waals surface area contributed by atoms with Crippen LogP contribution in [0.25, 0.3) is 0 Å². The van der Waals surface area contributed by atoms with E-state index in [1.54, 1.807) is 37.4 Å². The van der Waals surface area contributed by atoms with E-state index in [1.807, 2.05) is 0 Å². The van der Waals surface area contributed by atoms with E-state index >= 15 is 4.39 Å². The molecule has 5 heterocycles. The van der Waals surface area contributed by atoms with Gasteiger partial charge in [0.2, 0.25) is 0 Å². The Morgan fingerprint density at radius 3 is 2.54 bits per heavy atom. The minimum Gasteiger partial charge on any atom is -0.379 e. The van der Waals surface area contributed by atoms with Crippen molar-refractivity contribution in [3.63, 3.8) is 0 Å². The molecule has 0 aliphatic carbocycles. The predicted molar refractivity (Wildman–Crippen MR) is 142 cm³/mol. The first-order chi connectivity index (χ1) is 19.6. The number of aromatic nitrogens is 3. The number of ether oxygens (including phenoxy) is 1. The van der Waals surface area contributed by atoms with E-state index in [0.29, 0.717) is 41.2 Å². The average Bonchev–Trinajstić information content (AvgIpc) is 3.59. The van der Waals surface area contributed by atoms with Crippen molar-refractivity contribution in [2.45, 2.75) is 68.5 Å². The molecule has 41 heavy (non-hydrogen) atoms. The van der Waals surface area contributed by atoms with Gasteiger partial charge in [0, 0.05) is 30.4 Å². The molecule has 0 spiro atoms. The largest absolute Gasteiger partial charge is 0.416 e. The van der Waals surface area contributed by atoms with Crippen LogP contribution in [0.4, 0.5) is 23.2 Å². The minimum atomic E-state index is -4.59. The number of carbonyl (C=O) groups excluding carboxylic acids is 1. The van der Waals surface area contributed by atoms with Crippen LogP contribution in [0.3, 0.4) is 0 Å². The molecule has 7 rings (SSSR count). The normalized spacial score (nSPS) is 25.7. The van der Waals surface area contributed by atoms with Gasteiger partial charge in [-0.05, 0) is 79.0 Å². The first kappa shape index (κ1) is 26.6. The number of benzene rings is 2. The van der Waals surface area contributed by atoms with Crippen LogP contribution >= 0.6 is 0 Å². The molecular weight excluding hydrogens is 538 g/mol. The average molecular weight is 570 g/mol. The van der Waals surface area contributed by atoms with Gasteiger partial charge in [-0.1, -0.05) is 12.1 Å². The summed E-state index contributed by atoms with van der Waals surface area (Å²) < 4.78 is 65.8. The highest BCUT2D eigenvalue weighted by Gasteiger charge is 2.51. The smallest absolute Gasteiger partial charge is 0.379 e. The summed E-state index contributed by atoms with van der Waals surface area (Å²) in [6, 6.07) is 10.6. The summed E-state index contributed by atoms with van der Waals surface area (Å²) >= 11 is 0. The van der Waals surface area contributed by atoms with Crippen molar-refractivity contribution in [1.29, 1.82) is 0 Å². The second-order valence-corrected chi connectivity index (χ2v) is 12.1. The molecule has 1 aromatic heterocycles. The Morgan fingerprint density at radius 1 is 1.15 bits per heavy atom. The van der Waals surface area contributed by atoms with Crippen LogP contribution in [0.5, 0.6) is 0 Å². The van der Waals surface area contributed by atoms with Gasteiger partial charge in [-0.3, -0.25) is 4.79 Å². The molecule has 3 saturated heterocycles. The van der Waals surface area contributed by atoms with E-state index in [4.69, 9.17) is 4.74 Å². The molecular formula is C30H31F4N5O2. The Labute approximate surface area is 234 Å². The lowest BCUT2D eigenvalue weighted by Crippen LogP contribution is -2.50. The summed E-state index contributed by atoms with van der Waals surface area (Å²) in [5.74, 6) is -0.0213. The van der Waals surface area contributed by atoms with Gasteiger partial charge in [0.25, 0.3) is 5.91 Å². The Balaban J connectivity index is 1.20. The van der Waals surface area contributed by atoms with Crippen molar-refractivity contribution in [3.8, 4) is 0 Å². The van der Waals surface area contributed by atoms with Crippen molar-refractivity contribution < 1.29 is 27.1 Å². The topological polar surface area (TPSA) is 72.3 Å². The van der Waals surface area contributed by atoms with E-state index in [2.05, 4.69) is 15.5 Å². The molecule has 1 amide bonds. The number of anilines is 1. The van der Waals surface area contributed by atoms with Gasteiger partial charge in [0.1, 0.15) is 6.33 Å². The zero-order chi connectivity index (χ0) is 28.5. The van der Waals surface area contributed by atoms with Gasteiger partial charge in [-0.2, -0.15) is 13.2 Å². The van der Waals surface area contributed by atoms with Gasteiger partial charge in [0.15, 0.2) is 12.0 Å². The quantitative estimate of drug-likeness (QED) is 0.421. The highest BCUT2D eigenvalue weighted by molar-refractivity contribution is 6.10. The molecule has 3 aromatic rings. The van der Waals surface area contributed by atoms with Crippen LogP contribution in [0.1, 0.15) is 70.3 Å². The molecule has 11 heteroatoms. The SMILES string of the molecule is Cn1cnnc1[C@H](F)C1(c2cccc(N3Cc4c(cc(CC5CC6CCC(C5)N6)cc4C(F)(F)F)C3=O)c2)COC1. The number of alkyl halides is 4. The molecule has 0 saturated carbocycles. The van der Waals surface area contributed by atoms with Crippen molar-refractivity contribution in [2.24, 2.45) is 13.0 Å². The first-order valence-electron chi connectivity index (χ1n) is 14.1. The van der Waals surface area contributed by atoms with Crippen molar-refractivity contribution >= 4 is 11.6 Å². The van der Waals surface area contributed by atoms with Gasteiger partial charge in [-0.25, -0.2) is 4.39 Å². The van der Waals surface area contributed by atoms with Crippen LogP contribution in [0, 0.1) is 5.92 Å². The van der Waals surface area contributed by atoms with Gasteiger partial charge < -0.3 is 19.5 Å². The lowest BCUT2D eigenvalue weighted by Gasteiger charge is -2.43. The van der Waals surface area contributed by atoms with E-state index in [0.717, 1.165) is 25.7 Å². The molecule has 2 aromatic carbocycles. The van der Waals surface area contributed by atoms with Crippen LogP contribution in [-0.2, 0) is 36.3 Å². The van der Waals surface area contributed by atoms with Crippen LogP contribution < -0.4 is 10.2 Å². The van der Waals surface area contributed by atoms with Crippen molar-refractivity contribution in [1.82, 2.24) is 20.1 Å². The molecule has 4 aliphatic rings. The summed E-state index contributed by atoms with van der Waals surface area (Å²) in [6.45, 7) is 0.0212. The minimum absolute atomic E-state index is 0.00817. The number of hydrogen-bond acceptors (Lipinski definition) is 5. The number of nitrogens with one attached hydrogen (secondary N) is 1. The highest BCUT2D eigenvalue weighted by atomic mass is 19.4. The third kappa shape index (κ3) is 4.44. The van der Waals surface area contributed by atoms with E-state index in [-0.39, 0.29) is 36.7 Å². The number of halogens is 4. The van der Waals surface area contributed by atoms with Gasteiger partial charge in [0.05, 0.1) is 30.7 Å². The fourth-order valence-electron chi connectivity index (χ4n) is 7.26. The van der Waals surface area contributed by atoms with E-state index in [1.165, 1.54) is 21.9 Å². The maximum atomic E-state index is 15.9. The molecule has 1 N–H and O–H groups in total. The number of amides is 1. The fraction of sp³-hybridized carbons (Fsp3) is 0.500. The number of rotatable bonds is 6. The number of piperidine rings is 1. The van der Waals surface area contributed by atoms with Gasteiger partial charge >= 0.3 is 6.18 Å². The Morgan fingerprint density at radius 2 is 1.90 bits per heavy atom. The van der Waals surface area contributed by atoms with Gasteiger partial charge in [-0.15, -0.1) is 10.2 Å². The summed E-state index contributed by atoms with van der Waals surface area (Å²) in [6.07, 6.45) is -0.0501. The molecule has 216 valence electrons. The zero-order valence-electron chi connectivity index (χ0n) is 22.6. The maximum absolute atomic E-state index is 15.9. The highest BCUT2D eigenvalue weighted by Crippen LogP contribution is 2.47. The van der Waals surface area contributed by atoms with E-state index < -0.39 is 29.2 Å². The zero-order valence-corrected chi connectivity index (χ0v) is 22.6. The number of aryl methyl sites for hydroxylation is 1. The third-order valence-corrected chi connectivity index (χ3v) is 9.41. The summed E-state index contributed by atoms with van der Waals surface area (Å²) in [5, 5.41) is 11.3. The number of carbonyl (C=O) groups is 1. The van der Waals surface area contributed by atoms with Crippen LogP contribution in [-0.4, -0.2) is 46.0 Å². The Bertz CT molecular complexity index is 1490. The second kappa shape index (κ2) is 9.62. The molecule has 0 radical (unpaired) electrons. The number of fused-ring (bicyclic) bond motifs is 3. The molecule has 2 bridgehead atoms. The van der Waals surface area contributed by atoms with Crippen molar-refractivity contribution in [3.05, 3.63) is 76.4 Å². The summed E-state index contributed by atoms with van der Waals surface area (Å²) in [4.78, 5) is 15.0. The Kier molecular flexibility index (Phi) is 6.24. The third-order valence-electron chi connectivity index (χ3n) is 9.41. The lowest BCUT2D eigenvalue weighted by molar-refractivity contribution is -0.138. The maximum Gasteiger partial charge on any atom is 0.416 e. The number of hydrogen-bond donors (Lipinski definition) is 1. The van der Waals surface area contributed by atoms with Crippen LogP contribution in [0.2, 0.25) is 0 Å². The van der Waals surface area contributed by atoms with Crippen molar-refractivity contribution in [2.75, 3.05) is 18.1 Å². The summed E-state index contributed by atoms with van der Waals surface area (Å²) in [7, 11) is 1.66. The molecule has 7 nitrogen and oxygen atoms in total. The monoisotopic (exact) mass is 569 g/mol. The lowest BCUT2D eigenvalue weighted by atomic mass is 9.74. The van der Waals surface area contributed by atoms with E-state index in [9.17, 15) is 18.0 Å². The number of nitrogens with zero attached hydrogens (tertiary/aromatic N) is 4. The standard InChI is InChI=1S/C30H31F4N5O2/c1-38-16-35-37-27(38)26(31)29(14-41-15-29)19-3-2-4-22(12-19)39-13-24-23(28(39)40)10-18(11-25(24)30(32,33)34)7-17-8-20-5-6-21(9-17)36-20/h2-4,10-12,16-17,20-21,26,36H,5-9,13-15H2,1H3/t17?,20?,21?,26-/m0/s1. The Hall–Kier alpha value is -3.31. The fourth-order valence-corrected chi connectivity index (χ4v) is 7.26. The second-order valence-electron chi connectivity index (χ2n) is 12.1. The molecule has 4 aliphatic heterocycles. The van der Waals surface area contributed by atoms with Crippen LogP contribution in [0.15, 0.2) is 42.7 Å². The molecule has 3 atom stereocenters. The molecule has 3 fully saturated rings. The summed E-state index contributed by atoms with van der Waals surface area (Å²) in [5.41, 5.74) is -0.120. The molecule has 2 unspecified atom stereocenters. The first-order valence-corrected chi connectivity index (χ1v) is 14.1. The predicted octanol–water partition coefficient (Wildman–Crippen LogP) is 5.05.